The van der Waals surface area contributed by atoms with E-state index in [1.807, 2.05) is 0 Å². The Labute approximate surface area is 97.8 Å². The van der Waals surface area contributed by atoms with Gasteiger partial charge < -0.3 is 24.7 Å². The lowest BCUT2D eigenvalue weighted by Gasteiger charge is -2.09. The van der Waals surface area contributed by atoms with Crippen LogP contribution in [-0.2, 0) is 13.2 Å². The number of aromatic nitrogens is 2. The molecule has 6 heteroatoms. The highest BCUT2D eigenvalue weighted by Gasteiger charge is 2.16. The Bertz CT molecular complexity index is 536. The van der Waals surface area contributed by atoms with Crippen molar-refractivity contribution in [3.63, 3.8) is 0 Å². The van der Waals surface area contributed by atoms with E-state index >= 15 is 0 Å². The van der Waals surface area contributed by atoms with E-state index in [1.165, 1.54) is 14.2 Å². The monoisotopic (exact) mass is 238 g/mol. The summed E-state index contributed by atoms with van der Waals surface area (Å²) in [6, 6.07) is 1.67. The maximum atomic E-state index is 9.36. The molecule has 0 radical (unpaired) electrons. The van der Waals surface area contributed by atoms with E-state index in [4.69, 9.17) is 14.6 Å². The largest absolute Gasteiger partial charge is 0.496 e. The highest BCUT2D eigenvalue weighted by molar-refractivity contribution is 5.87. The van der Waals surface area contributed by atoms with Crippen molar-refractivity contribution in [2.24, 2.45) is 0 Å². The highest BCUT2D eigenvalue weighted by Crippen LogP contribution is 2.34. The van der Waals surface area contributed by atoms with Gasteiger partial charge in [0, 0.05) is 11.6 Å². The number of nitrogens with one attached hydrogen (secondary N) is 1. The molecule has 17 heavy (non-hydrogen) atoms. The molecule has 0 aliphatic heterocycles. The molecule has 0 amide bonds. The first-order valence-electron chi connectivity index (χ1n) is 5.09. The number of hydrogen-bond acceptors (Lipinski definition) is 5. The first kappa shape index (κ1) is 11.7. The molecule has 2 rings (SSSR count). The number of benzene rings is 1. The first-order chi connectivity index (χ1) is 8.24. The fourth-order valence-corrected chi connectivity index (χ4v) is 1.78. The van der Waals surface area contributed by atoms with Gasteiger partial charge in [0.15, 0.2) is 0 Å². The average molecular weight is 238 g/mol. The minimum atomic E-state index is -0.203. The maximum absolute atomic E-state index is 9.36. The Morgan fingerprint density at radius 3 is 2.41 bits per heavy atom. The normalized spacial score (nSPS) is 10.8. The van der Waals surface area contributed by atoms with Gasteiger partial charge in [-0.3, -0.25) is 0 Å². The van der Waals surface area contributed by atoms with Crippen molar-refractivity contribution in [3.05, 3.63) is 17.5 Å². The third-order valence-electron chi connectivity index (χ3n) is 2.59. The summed E-state index contributed by atoms with van der Waals surface area (Å²) in [6.07, 6.45) is 0. The van der Waals surface area contributed by atoms with E-state index in [0.29, 0.717) is 33.9 Å². The number of ether oxygens (including phenoxy) is 2. The zero-order valence-electron chi connectivity index (χ0n) is 9.65. The van der Waals surface area contributed by atoms with Crippen molar-refractivity contribution in [1.29, 1.82) is 0 Å². The maximum Gasteiger partial charge on any atom is 0.148 e. The number of nitrogens with zero attached hydrogens (tertiary/aromatic N) is 1. The van der Waals surface area contributed by atoms with E-state index in [0.717, 1.165) is 0 Å². The van der Waals surface area contributed by atoms with E-state index in [2.05, 4.69) is 9.97 Å². The number of fused-ring (bicyclic) bond motifs is 1. The molecular weight excluding hydrogens is 224 g/mol. The van der Waals surface area contributed by atoms with Crippen LogP contribution in [0.5, 0.6) is 11.5 Å². The Morgan fingerprint density at radius 1 is 1.18 bits per heavy atom. The Hall–Kier alpha value is -1.79. The van der Waals surface area contributed by atoms with Gasteiger partial charge in [-0.2, -0.15) is 0 Å². The highest BCUT2D eigenvalue weighted by atomic mass is 16.5. The molecule has 3 N–H and O–H groups in total. The van der Waals surface area contributed by atoms with Crippen molar-refractivity contribution in [1.82, 2.24) is 9.97 Å². The summed E-state index contributed by atoms with van der Waals surface area (Å²) in [6.45, 7) is -0.398. The van der Waals surface area contributed by atoms with Gasteiger partial charge in [-0.1, -0.05) is 0 Å². The van der Waals surface area contributed by atoms with Crippen molar-refractivity contribution in [2.75, 3.05) is 14.2 Å². The van der Waals surface area contributed by atoms with Crippen LogP contribution in [0.1, 0.15) is 11.4 Å². The van der Waals surface area contributed by atoms with Crippen LogP contribution in [-0.4, -0.2) is 34.4 Å². The van der Waals surface area contributed by atoms with Gasteiger partial charge >= 0.3 is 0 Å². The molecule has 0 spiro atoms. The zero-order chi connectivity index (χ0) is 12.4. The molecule has 0 bridgehead atoms. The van der Waals surface area contributed by atoms with Crippen LogP contribution in [0.3, 0.4) is 0 Å². The molecule has 92 valence electrons. The fraction of sp³-hybridized carbons (Fsp3) is 0.364. The average Bonchev–Trinajstić information content (AvgIpc) is 2.80. The minimum Gasteiger partial charge on any atom is -0.496 e. The van der Waals surface area contributed by atoms with Crippen molar-refractivity contribution < 1.29 is 19.7 Å². The van der Waals surface area contributed by atoms with Crippen molar-refractivity contribution in [2.45, 2.75) is 13.2 Å². The second-order valence-corrected chi connectivity index (χ2v) is 3.48. The summed E-state index contributed by atoms with van der Waals surface area (Å²) in [5.41, 5.74) is 1.76. The predicted molar refractivity (Wildman–Crippen MR) is 61.0 cm³/mol. The SMILES string of the molecule is COc1cc(OC)c2[nH]c(CO)nc2c1CO. The second kappa shape index (κ2) is 4.60. The molecule has 0 saturated heterocycles. The second-order valence-electron chi connectivity index (χ2n) is 3.48. The zero-order valence-corrected chi connectivity index (χ0v) is 9.65. The van der Waals surface area contributed by atoms with Crippen molar-refractivity contribution >= 4 is 11.0 Å². The molecule has 1 aromatic heterocycles. The third kappa shape index (κ3) is 1.81. The molecule has 0 saturated carbocycles. The van der Waals surface area contributed by atoms with E-state index < -0.39 is 0 Å². The standard InChI is InChI=1S/C11H14N2O4/c1-16-7-3-8(17-2)11-10(6(7)4-14)12-9(5-15)13-11/h3,14-15H,4-5H2,1-2H3,(H,12,13). The Morgan fingerprint density at radius 2 is 1.88 bits per heavy atom. The number of aromatic amines is 1. The van der Waals surface area contributed by atoms with Crippen LogP contribution in [0.15, 0.2) is 6.07 Å². The van der Waals surface area contributed by atoms with Crippen LogP contribution >= 0.6 is 0 Å². The lowest BCUT2D eigenvalue weighted by atomic mass is 10.1. The predicted octanol–water partition coefficient (Wildman–Crippen LogP) is 0.565. The quantitative estimate of drug-likeness (QED) is 0.724. The summed E-state index contributed by atoms with van der Waals surface area (Å²) >= 11 is 0. The topological polar surface area (TPSA) is 87.6 Å². The smallest absolute Gasteiger partial charge is 0.148 e. The molecule has 0 aliphatic carbocycles. The van der Waals surface area contributed by atoms with Gasteiger partial charge in [0.2, 0.25) is 0 Å². The van der Waals surface area contributed by atoms with Gasteiger partial charge in [-0.15, -0.1) is 0 Å². The Kier molecular flexibility index (Phi) is 3.16. The number of aliphatic hydroxyl groups excluding tert-OH is 2. The third-order valence-corrected chi connectivity index (χ3v) is 2.59. The van der Waals surface area contributed by atoms with Gasteiger partial charge in [0.25, 0.3) is 0 Å². The fourth-order valence-electron chi connectivity index (χ4n) is 1.78. The number of imidazole rings is 1. The van der Waals surface area contributed by atoms with Gasteiger partial charge in [0.1, 0.15) is 35.0 Å². The van der Waals surface area contributed by atoms with Crippen LogP contribution in [0, 0.1) is 0 Å². The van der Waals surface area contributed by atoms with Crippen molar-refractivity contribution in [3.8, 4) is 11.5 Å². The summed E-state index contributed by atoms with van der Waals surface area (Å²) in [4.78, 5) is 7.13. The Balaban J connectivity index is 2.78. The van der Waals surface area contributed by atoms with E-state index in [9.17, 15) is 5.11 Å². The molecule has 0 fully saturated rings. The van der Waals surface area contributed by atoms with Gasteiger partial charge in [-0.05, 0) is 0 Å². The van der Waals surface area contributed by atoms with Crippen LogP contribution in [0.4, 0.5) is 0 Å². The molecule has 1 heterocycles. The summed E-state index contributed by atoms with van der Waals surface area (Å²) in [5, 5.41) is 18.4. The number of H-pyrrole nitrogens is 1. The summed E-state index contributed by atoms with van der Waals surface area (Å²) < 4.78 is 10.4. The number of rotatable bonds is 4. The van der Waals surface area contributed by atoms with E-state index in [1.54, 1.807) is 6.07 Å². The molecule has 0 atom stereocenters. The lowest BCUT2D eigenvalue weighted by Crippen LogP contribution is -1.96. The molecule has 2 aromatic rings. The van der Waals surface area contributed by atoms with Crippen LogP contribution in [0.2, 0.25) is 0 Å². The van der Waals surface area contributed by atoms with Crippen LogP contribution < -0.4 is 9.47 Å². The molecule has 6 nitrogen and oxygen atoms in total. The van der Waals surface area contributed by atoms with Crippen LogP contribution in [0.25, 0.3) is 11.0 Å². The number of hydrogen-bond donors (Lipinski definition) is 3. The molecule has 1 aromatic carbocycles. The summed E-state index contributed by atoms with van der Waals surface area (Å²) in [7, 11) is 3.05. The van der Waals surface area contributed by atoms with Gasteiger partial charge in [-0.25, -0.2) is 4.98 Å². The summed E-state index contributed by atoms with van der Waals surface area (Å²) in [5.74, 6) is 1.48. The number of methoxy groups -OCH3 is 2. The molecule has 0 aliphatic rings. The molecular formula is C11H14N2O4. The first-order valence-corrected chi connectivity index (χ1v) is 5.09. The van der Waals surface area contributed by atoms with Gasteiger partial charge in [0.05, 0.1) is 20.8 Å². The lowest BCUT2D eigenvalue weighted by molar-refractivity contribution is 0.271. The minimum absolute atomic E-state index is 0.195. The van der Waals surface area contributed by atoms with E-state index in [-0.39, 0.29) is 13.2 Å². The number of aliphatic hydroxyl groups is 2. The molecule has 0 unspecified atom stereocenters.